The molecule has 1 aliphatic rings. The minimum atomic E-state index is -0.463. The lowest BCUT2D eigenvalue weighted by molar-refractivity contribution is 0.0472. The van der Waals surface area contributed by atoms with Crippen molar-refractivity contribution in [1.82, 2.24) is 20.4 Å². The van der Waals surface area contributed by atoms with Gasteiger partial charge in [-0.15, -0.1) is 0 Å². The van der Waals surface area contributed by atoms with Crippen LogP contribution >= 0.6 is 0 Å². The van der Waals surface area contributed by atoms with Crippen LogP contribution in [0.5, 0.6) is 0 Å². The molecule has 1 N–H and O–H groups in total. The predicted octanol–water partition coefficient (Wildman–Crippen LogP) is 2.76. The Morgan fingerprint density at radius 2 is 2.08 bits per heavy atom. The lowest BCUT2D eigenvalue weighted by Gasteiger charge is -2.34. The predicted molar refractivity (Wildman–Crippen MR) is 90.5 cm³/mol. The Kier molecular flexibility index (Phi) is 6.21. The first-order valence-electron chi connectivity index (χ1n) is 8.80. The number of amides is 1. The fourth-order valence-corrected chi connectivity index (χ4v) is 2.92. The van der Waals surface area contributed by atoms with Gasteiger partial charge in [0.15, 0.2) is 5.82 Å². The van der Waals surface area contributed by atoms with Crippen LogP contribution < -0.4 is 5.32 Å². The van der Waals surface area contributed by atoms with E-state index >= 15 is 0 Å². The lowest BCUT2D eigenvalue weighted by atomic mass is 9.90. The van der Waals surface area contributed by atoms with E-state index in [9.17, 15) is 4.79 Å². The standard InChI is InChI=1S/C17H30N4O3/c1-6-15-19-14(20-24-15)11-21-9-7-13(8-10-21)12(2)18-16(22)23-17(3,4)5/h12-13H,6-11H2,1-5H3,(H,18,22)/t12-/m1/s1. The molecule has 136 valence electrons. The first kappa shape index (κ1) is 18.7. The summed E-state index contributed by atoms with van der Waals surface area (Å²) in [7, 11) is 0. The zero-order valence-electron chi connectivity index (χ0n) is 15.5. The largest absolute Gasteiger partial charge is 0.444 e. The van der Waals surface area contributed by atoms with Crippen LogP contribution in [-0.4, -0.2) is 45.9 Å². The number of aromatic nitrogens is 2. The molecule has 0 saturated carbocycles. The highest BCUT2D eigenvalue weighted by molar-refractivity contribution is 5.68. The Labute approximate surface area is 144 Å². The molecule has 0 radical (unpaired) electrons. The van der Waals surface area contributed by atoms with E-state index in [0.29, 0.717) is 11.8 Å². The Morgan fingerprint density at radius 1 is 1.42 bits per heavy atom. The average molecular weight is 338 g/mol. The van der Waals surface area contributed by atoms with Crippen molar-refractivity contribution in [2.24, 2.45) is 5.92 Å². The summed E-state index contributed by atoms with van der Waals surface area (Å²) in [5, 5.41) is 6.97. The number of aryl methyl sites for hydroxylation is 1. The van der Waals surface area contributed by atoms with Gasteiger partial charge in [-0.3, -0.25) is 4.90 Å². The molecule has 1 amide bonds. The second-order valence-corrected chi connectivity index (χ2v) is 7.51. The van der Waals surface area contributed by atoms with E-state index < -0.39 is 5.60 Å². The molecule has 0 aromatic carbocycles. The van der Waals surface area contributed by atoms with Gasteiger partial charge < -0.3 is 14.6 Å². The molecule has 1 aliphatic heterocycles. The number of ether oxygens (including phenoxy) is 1. The molecule has 1 aromatic heterocycles. The number of alkyl carbamates (subject to hydrolysis) is 1. The molecule has 1 aromatic rings. The quantitative estimate of drug-likeness (QED) is 0.889. The summed E-state index contributed by atoms with van der Waals surface area (Å²) in [4.78, 5) is 18.6. The van der Waals surface area contributed by atoms with Gasteiger partial charge in [0.1, 0.15) is 5.60 Å². The third-order valence-corrected chi connectivity index (χ3v) is 4.26. The van der Waals surface area contributed by atoms with Crippen LogP contribution in [0.1, 0.15) is 59.2 Å². The Hall–Kier alpha value is -1.63. The summed E-state index contributed by atoms with van der Waals surface area (Å²) >= 11 is 0. The summed E-state index contributed by atoms with van der Waals surface area (Å²) in [5.41, 5.74) is -0.463. The SMILES string of the molecule is CCc1nc(CN2CCC([C@@H](C)NC(=O)OC(C)(C)C)CC2)no1. The zero-order valence-corrected chi connectivity index (χ0v) is 15.5. The number of rotatable bonds is 5. The van der Waals surface area contributed by atoms with Gasteiger partial charge >= 0.3 is 6.09 Å². The van der Waals surface area contributed by atoms with E-state index in [-0.39, 0.29) is 12.1 Å². The maximum absolute atomic E-state index is 11.9. The zero-order chi connectivity index (χ0) is 17.7. The van der Waals surface area contributed by atoms with Gasteiger partial charge in [0.2, 0.25) is 5.89 Å². The van der Waals surface area contributed by atoms with Gasteiger partial charge in [-0.25, -0.2) is 4.79 Å². The van der Waals surface area contributed by atoms with Gasteiger partial charge in [-0.2, -0.15) is 4.98 Å². The van der Waals surface area contributed by atoms with E-state index in [2.05, 4.69) is 27.3 Å². The van der Waals surface area contributed by atoms with Crippen LogP contribution in [0.25, 0.3) is 0 Å². The van der Waals surface area contributed by atoms with Crippen LogP contribution in [0.2, 0.25) is 0 Å². The van der Waals surface area contributed by atoms with Gasteiger partial charge in [-0.1, -0.05) is 12.1 Å². The van der Waals surface area contributed by atoms with E-state index in [1.165, 1.54) is 0 Å². The highest BCUT2D eigenvalue weighted by atomic mass is 16.6. The number of carbonyl (C=O) groups is 1. The number of hydrogen-bond acceptors (Lipinski definition) is 6. The molecule has 2 rings (SSSR count). The van der Waals surface area contributed by atoms with E-state index in [4.69, 9.17) is 9.26 Å². The van der Waals surface area contributed by atoms with Crippen molar-refractivity contribution in [3.63, 3.8) is 0 Å². The van der Waals surface area contributed by atoms with Crippen LogP contribution in [0, 0.1) is 5.92 Å². The van der Waals surface area contributed by atoms with Gasteiger partial charge in [-0.05, 0) is 59.5 Å². The van der Waals surface area contributed by atoms with Crippen molar-refractivity contribution >= 4 is 6.09 Å². The van der Waals surface area contributed by atoms with Crippen LogP contribution in [0.3, 0.4) is 0 Å². The average Bonchev–Trinajstić information content (AvgIpc) is 2.93. The molecule has 7 heteroatoms. The van der Waals surface area contributed by atoms with Crippen molar-refractivity contribution in [2.45, 2.75) is 72.1 Å². The molecule has 0 bridgehead atoms. The maximum Gasteiger partial charge on any atom is 0.407 e. The Morgan fingerprint density at radius 3 is 2.62 bits per heavy atom. The number of carbonyl (C=O) groups excluding carboxylic acids is 1. The molecule has 1 fully saturated rings. The normalized spacial score (nSPS) is 18.4. The molecule has 7 nitrogen and oxygen atoms in total. The van der Waals surface area contributed by atoms with E-state index in [1.54, 1.807) is 0 Å². The summed E-state index contributed by atoms with van der Waals surface area (Å²) in [6, 6.07) is 0.110. The number of piperidine rings is 1. The summed E-state index contributed by atoms with van der Waals surface area (Å²) in [6.45, 7) is 12.3. The second kappa shape index (κ2) is 7.96. The first-order chi connectivity index (χ1) is 11.3. The molecular formula is C17H30N4O3. The molecular weight excluding hydrogens is 308 g/mol. The number of nitrogens with one attached hydrogen (secondary N) is 1. The van der Waals surface area contributed by atoms with Crippen molar-refractivity contribution in [3.05, 3.63) is 11.7 Å². The van der Waals surface area contributed by atoms with E-state index in [0.717, 1.165) is 44.7 Å². The third-order valence-electron chi connectivity index (χ3n) is 4.26. The van der Waals surface area contributed by atoms with Crippen molar-refractivity contribution < 1.29 is 14.1 Å². The molecule has 1 saturated heterocycles. The van der Waals surface area contributed by atoms with Crippen molar-refractivity contribution in [1.29, 1.82) is 0 Å². The third kappa shape index (κ3) is 5.78. The highest BCUT2D eigenvalue weighted by Gasteiger charge is 2.27. The lowest BCUT2D eigenvalue weighted by Crippen LogP contribution is -2.45. The summed E-state index contributed by atoms with van der Waals surface area (Å²) in [5.74, 6) is 1.91. The van der Waals surface area contributed by atoms with Crippen LogP contribution in [0.4, 0.5) is 4.79 Å². The smallest absolute Gasteiger partial charge is 0.407 e. The fourth-order valence-electron chi connectivity index (χ4n) is 2.92. The molecule has 0 unspecified atom stereocenters. The number of nitrogens with zero attached hydrogens (tertiary/aromatic N) is 3. The van der Waals surface area contributed by atoms with Gasteiger partial charge in [0, 0.05) is 12.5 Å². The first-order valence-corrected chi connectivity index (χ1v) is 8.80. The number of hydrogen-bond donors (Lipinski definition) is 1. The van der Waals surface area contributed by atoms with Gasteiger partial charge in [0.05, 0.1) is 6.54 Å². The summed E-state index contributed by atoms with van der Waals surface area (Å²) < 4.78 is 10.5. The molecule has 24 heavy (non-hydrogen) atoms. The van der Waals surface area contributed by atoms with Crippen LogP contribution in [0.15, 0.2) is 4.52 Å². The number of likely N-dealkylation sites (tertiary alicyclic amines) is 1. The molecule has 0 aliphatic carbocycles. The Balaban J connectivity index is 1.74. The molecule has 0 spiro atoms. The minimum absolute atomic E-state index is 0.110. The fraction of sp³-hybridized carbons (Fsp3) is 0.824. The van der Waals surface area contributed by atoms with Gasteiger partial charge in [0.25, 0.3) is 0 Å². The molecule has 1 atom stereocenters. The Bertz CT molecular complexity index is 530. The van der Waals surface area contributed by atoms with Crippen LogP contribution in [-0.2, 0) is 17.7 Å². The highest BCUT2D eigenvalue weighted by Crippen LogP contribution is 2.22. The monoisotopic (exact) mass is 338 g/mol. The molecule has 2 heterocycles. The van der Waals surface area contributed by atoms with Crippen molar-refractivity contribution in [2.75, 3.05) is 13.1 Å². The maximum atomic E-state index is 11.9. The minimum Gasteiger partial charge on any atom is -0.444 e. The topological polar surface area (TPSA) is 80.5 Å². The second-order valence-electron chi connectivity index (χ2n) is 7.51. The van der Waals surface area contributed by atoms with Crippen molar-refractivity contribution in [3.8, 4) is 0 Å². The summed E-state index contributed by atoms with van der Waals surface area (Å²) in [6.07, 6.45) is 2.50. The van der Waals surface area contributed by atoms with E-state index in [1.807, 2.05) is 27.7 Å².